The molecule has 1 unspecified atom stereocenters. The predicted octanol–water partition coefficient (Wildman–Crippen LogP) is 3.61. The topological polar surface area (TPSA) is 37.3 Å². The van der Waals surface area contributed by atoms with Crippen molar-refractivity contribution in [3.8, 4) is 0 Å². The second-order valence-electron chi connectivity index (χ2n) is 4.42. The highest BCUT2D eigenvalue weighted by Crippen LogP contribution is 2.24. The second kappa shape index (κ2) is 6.10. The van der Waals surface area contributed by atoms with E-state index in [-0.39, 0.29) is 11.9 Å². The van der Waals surface area contributed by atoms with Crippen LogP contribution >= 0.6 is 15.9 Å². The van der Waals surface area contributed by atoms with Gasteiger partial charge >= 0.3 is 0 Å². The van der Waals surface area contributed by atoms with Crippen LogP contribution in [0.25, 0.3) is 0 Å². The molecule has 0 radical (unpaired) electrons. The number of nitrogens with zero attached hydrogens (tertiary/aromatic N) is 2. The van der Waals surface area contributed by atoms with Gasteiger partial charge in [-0.3, -0.25) is 4.98 Å². The third kappa shape index (κ3) is 3.73. The normalized spacial score (nSPS) is 19.8. The molecule has 0 amide bonds. The van der Waals surface area contributed by atoms with E-state index in [0.717, 1.165) is 17.0 Å². The predicted molar refractivity (Wildman–Crippen MR) is 78.9 cm³/mol. The molecule has 3 nitrogen and oxygen atoms in total. The lowest BCUT2D eigenvalue weighted by Gasteiger charge is -2.15. The minimum atomic E-state index is -0.253. The van der Waals surface area contributed by atoms with E-state index in [1.165, 1.54) is 6.08 Å². The highest BCUT2D eigenvalue weighted by atomic mass is 79.9. The van der Waals surface area contributed by atoms with Crippen molar-refractivity contribution >= 4 is 21.6 Å². The van der Waals surface area contributed by atoms with Gasteiger partial charge in [0.05, 0.1) is 11.8 Å². The first-order valence-corrected chi connectivity index (χ1v) is 6.82. The first-order valence-electron chi connectivity index (χ1n) is 6.02. The van der Waals surface area contributed by atoms with Crippen LogP contribution in [0.1, 0.15) is 24.6 Å². The lowest BCUT2D eigenvalue weighted by molar-refractivity contribution is 0.579. The summed E-state index contributed by atoms with van der Waals surface area (Å²) in [5.41, 5.74) is 5.79. The zero-order valence-electron chi connectivity index (χ0n) is 10.8. The summed E-state index contributed by atoms with van der Waals surface area (Å²) in [4.78, 5) is 4.14. The van der Waals surface area contributed by atoms with Crippen LogP contribution in [0.2, 0.25) is 0 Å². The molecule has 0 aliphatic heterocycles. The van der Waals surface area contributed by atoms with E-state index in [1.807, 2.05) is 26.0 Å². The van der Waals surface area contributed by atoms with Crippen molar-refractivity contribution in [2.24, 2.45) is 5.10 Å². The number of hydrogen-bond acceptors (Lipinski definition) is 3. The van der Waals surface area contributed by atoms with Crippen LogP contribution in [0, 0.1) is 6.92 Å². The number of aromatic nitrogens is 1. The van der Waals surface area contributed by atoms with Crippen LogP contribution in [-0.2, 0) is 0 Å². The van der Waals surface area contributed by atoms with Crippen LogP contribution in [-0.4, -0.2) is 16.7 Å². The van der Waals surface area contributed by atoms with Crippen LogP contribution in [0.15, 0.2) is 45.9 Å². The van der Waals surface area contributed by atoms with Crippen LogP contribution in [0.3, 0.4) is 0 Å². The van der Waals surface area contributed by atoms with Gasteiger partial charge in [0.25, 0.3) is 0 Å². The summed E-state index contributed by atoms with van der Waals surface area (Å²) in [6.07, 6.45) is 5.79. The van der Waals surface area contributed by atoms with E-state index in [9.17, 15) is 4.39 Å². The van der Waals surface area contributed by atoms with Gasteiger partial charge < -0.3 is 5.43 Å². The van der Waals surface area contributed by atoms with E-state index in [4.69, 9.17) is 0 Å². The Balaban J connectivity index is 2.04. The Bertz CT molecular complexity index is 564. The molecule has 1 heterocycles. The Kier molecular flexibility index (Phi) is 4.47. The number of hydrazone groups is 1. The van der Waals surface area contributed by atoms with E-state index in [1.54, 1.807) is 12.3 Å². The van der Waals surface area contributed by atoms with Gasteiger partial charge in [-0.15, -0.1) is 0 Å². The first-order chi connectivity index (χ1) is 9.06. The van der Waals surface area contributed by atoms with Gasteiger partial charge in [0.15, 0.2) is 0 Å². The lowest BCUT2D eigenvalue weighted by Crippen LogP contribution is -2.24. The third-order valence-electron chi connectivity index (χ3n) is 2.84. The molecular weight excluding hydrogens is 309 g/mol. The van der Waals surface area contributed by atoms with Gasteiger partial charge in [-0.05, 0) is 54.4 Å². The molecule has 0 saturated carbocycles. The summed E-state index contributed by atoms with van der Waals surface area (Å²) in [6.45, 7) is 3.85. The van der Waals surface area contributed by atoms with Crippen LogP contribution in [0.4, 0.5) is 4.39 Å². The van der Waals surface area contributed by atoms with Crippen molar-refractivity contribution in [2.45, 2.75) is 26.3 Å². The number of rotatable bonds is 3. The molecule has 1 atom stereocenters. The molecule has 100 valence electrons. The highest BCUT2D eigenvalue weighted by molar-refractivity contribution is 9.11. The number of halogens is 2. The molecule has 1 N–H and O–H groups in total. The molecule has 1 aliphatic carbocycles. The second-order valence-corrected chi connectivity index (χ2v) is 5.28. The molecule has 0 bridgehead atoms. The van der Waals surface area contributed by atoms with Gasteiger partial charge in [-0.1, -0.05) is 6.08 Å². The maximum absolute atomic E-state index is 13.4. The van der Waals surface area contributed by atoms with Gasteiger partial charge in [0.1, 0.15) is 5.83 Å². The van der Waals surface area contributed by atoms with Crippen LogP contribution in [0.5, 0.6) is 0 Å². The minimum absolute atomic E-state index is 0.112. The zero-order chi connectivity index (χ0) is 13.8. The SMILES string of the molecule is C/C(=N\NC1C=C(F)C(Br)=CC1)c1ccnc(C)c1. The minimum Gasteiger partial charge on any atom is -0.302 e. The monoisotopic (exact) mass is 323 g/mol. The summed E-state index contributed by atoms with van der Waals surface area (Å²) >= 11 is 3.15. The largest absolute Gasteiger partial charge is 0.302 e. The highest BCUT2D eigenvalue weighted by Gasteiger charge is 2.13. The van der Waals surface area contributed by atoms with Crippen molar-refractivity contribution in [2.75, 3.05) is 0 Å². The molecule has 0 spiro atoms. The number of pyridine rings is 1. The van der Waals surface area contributed by atoms with Crippen molar-refractivity contribution in [1.82, 2.24) is 10.4 Å². The van der Waals surface area contributed by atoms with Crippen LogP contribution < -0.4 is 5.43 Å². The molecule has 0 fully saturated rings. The zero-order valence-corrected chi connectivity index (χ0v) is 12.4. The summed E-state index contributed by atoms with van der Waals surface area (Å²) in [6, 6.07) is 3.76. The molecule has 19 heavy (non-hydrogen) atoms. The summed E-state index contributed by atoms with van der Waals surface area (Å²) < 4.78 is 13.9. The standard InChI is InChI=1S/C14H15BrFN3/c1-9-7-11(5-6-17-9)10(2)18-19-12-3-4-13(15)14(16)8-12/h4-8,12,19H,3H2,1-2H3/b18-10+. The van der Waals surface area contributed by atoms with E-state index in [2.05, 4.69) is 31.4 Å². The smallest absolute Gasteiger partial charge is 0.135 e. The fourth-order valence-corrected chi connectivity index (χ4v) is 2.08. The molecule has 5 heteroatoms. The quantitative estimate of drug-likeness (QED) is 0.681. The fraction of sp³-hybridized carbons (Fsp3) is 0.286. The number of nitrogens with one attached hydrogen (secondary N) is 1. The summed E-state index contributed by atoms with van der Waals surface area (Å²) in [7, 11) is 0. The van der Waals surface area contributed by atoms with E-state index in [0.29, 0.717) is 10.9 Å². The Morgan fingerprint density at radius 1 is 1.58 bits per heavy atom. The Morgan fingerprint density at radius 2 is 2.37 bits per heavy atom. The lowest BCUT2D eigenvalue weighted by atomic mass is 10.1. The first kappa shape index (κ1) is 13.9. The summed E-state index contributed by atoms with van der Waals surface area (Å²) in [5.74, 6) is -0.253. The van der Waals surface area contributed by atoms with Gasteiger partial charge in [-0.25, -0.2) is 4.39 Å². The van der Waals surface area contributed by atoms with Crippen molar-refractivity contribution in [1.29, 1.82) is 0 Å². The van der Waals surface area contributed by atoms with E-state index < -0.39 is 0 Å². The molecular formula is C14H15BrFN3. The molecule has 2 rings (SSSR count). The van der Waals surface area contributed by atoms with Crippen molar-refractivity contribution in [3.05, 3.63) is 52.0 Å². The maximum atomic E-state index is 13.4. The number of allylic oxidation sites excluding steroid dienone is 2. The van der Waals surface area contributed by atoms with Gasteiger partial charge in [-0.2, -0.15) is 5.10 Å². The summed E-state index contributed by atoms with van der Waals surface area (Å²) in [5, 5.41) is 4.30. The van der Waals surface area contributed by atoms with Gasteiger partial charge in [0, 0.05) is 21.9 Å². The molecule has 0 aromatic carbocycles. The average Bonchev–Trinajstić information content (AvgIpc) is 2.40. The fourth-order valence-electron chi connectivity index (χ4n) is 1.76. The Hall–Kier alpha value is -1.49. The number of hydrogen-bond donors (Lipinski definition) is 1. The molecule has 1 aliphatic rings. The molecule has 0 saturated heterocycles. The van der Waals surface area contributed by atoms with Gasteiger partial charge in [0.2, 0.25) is 0 Å². The Morgan fingerprint density at radius 3 is 3.05 bits per heavy atom. The van der Waals surface area contributed by atoms with Crippen molar-refractivity contribution in [3.63, 3.8) is 0 Å². The third-order valence-corrected chi connectivity index (χ3v) is 3.54. The maximum Gasteiger partial charge on any atom is 0.135 e. The average molecular weight is 324 g/mol. The number of aryl methyl sites for hydroxylation is 1. The Labute approximate surface area is 120 Å². The molecule has 1 aromatic heterocycles. The molecule has 1 aromatic rings. The van der Waals surface area contributed by atoms with Crippen molar-refractivity contribution < 1.29 is 4.39 Å². The van der Waals surface area contributed by atoms with E-state index >= 15 is 0 Å².